The van der Waals surface area contributed by atoms with Gasteiger partial charge in [0.15, 0.2) is 0 Å². The van der Waals surface area contributed by atoms with Gasteiger partial charge in [-0.05, 0) is 49.2 Å². The standard InChI is InChI=1S/C22H25N3O3/c1-28-19-9-7-18(8-10-19)24-13-15-25(16-14-24)21(27)22(11-12-22)20(26)23-17-5-3-2-4-6-17/h2-10H,11-16H2,1H3,(H,23,26). The first-order valence-corrected chi connectivity index (χ1v) is 9.67. The van der Waals surface area contributed by atoms with Gasteiger partial charge >= 0.3 is 0 Å². The molecule has 0 atom stereocenters. The first kappa shape index (κ1) is 18.3. The molecule has 0 spiro atoms. The van der Waals surface area contributed by atoms with Crippen LogP contribution in [0.2, 0.25) is 0 Å². The number of carbonyl (C=O) groups excluding carboxylic acids is 2. The van der Waals surface area contributed by atoms with Crippen molar-refractivity contribution in [2.75, 3.05) is 43.5 Å². The number of hydrogen-bond acceptors (Lipinski definition) is 4. The molecule has 28 heavy (non-hydrogen) atoms. The van der Waals surface area contributed by atoms with Gasteiger partial charge in [0.2, 0.25) is 11.8 Å². The van der Waals surface area contributed by atoms with Gasteiger partial charge in [0.25, 0.3) is 0 Å². The number of amides is 2. The molecule has 0 bridgehead atoms. The summed E-state index contributed by atoms with van der Waals surface area (Å²) in [5, 5.41) is 2.90. The zero-order chi connectivity index (χ0) is 19.6. The molecule has 0 unspecified atom stereocenters. The Morgan fingerprint density at radius 3 is 2.14 bits per heavy atom. The minimum atomic E-state index is -0.877. The van der Waals surface area contributed by atoms with Crippen molar-refractivity contribution < 1.29 is 14.3 Å². The molecule has 4 rings (SSSR count). The lowest BCUT2D eigenvalue weighted by molar-refractivity contribution is -0.142. The maximum atomic E-state index is 13.1. The van der Waals surface area contributed by atoms with Gasteiger partial charge in [-0.1, -0.05) is 18.2 Å². The summed E-state index contributed by atoms with van der Waals surface area (Å²) < 4.78 is 5.21. The highest BCUT2D eigenvalue weighted by Crippen LogP contribution is 2.48. The normalized spacial score (nSPS) is 17.8. The first-order chi connectivity index (χ1) is 13.6. The van der Waals surface area contributed by atoms with Gasteiger partial charge in [-0.2, -0.15) is 0 Å². The lowest BCUT2D eigenvalue weighted by atomic mass is 10.0. The van der Waals surface area contributed by atoms with Crippen LogP contribution in [-0.4, -0.2) is 50.0 Å². The third-order valence-electron chi connectivity index (χ3n) is 5.63. The minimum Gasteiger partial charge on any atom is -0.497 e. The van der Waals surface area contributed by atoms with E-state index in [1.54, 1.807) is 7.11 Å². The number of para-hydroxylation sites is 1. The number of anilines is 2. The fourth-order valence-electron chi connectivity index (χ4n) is 3.70. The van der Waals surface area contributed by atoms with E-state index in [1.165, 1.54) is 0 Å². The summed E-state index contributed by atoms with van der Waals surface area (Å²) in [6.07, 6.45) is 1.26. The van der Waals surface area contributed by atoms with E-state index < -0.39 is 5.41 Å². The minimum absolute atomic E-state index is 0.0321. The molecule has 2 aliphatic rings. The van der Waals surface area contributed by atoms with E-state index in [1.807, 2.05) is 59.5 Å². The summed E-state index contributed by atoms with van der Waals surface area (Å²) in [4.78, 5) is 29.9. The molecule has 1 N–H and O–H groups in total. The number of carbonyl (C=O) groups is 2. The summed E-state index contributed by atoms with van der Waals surface area (Å²) >= 11 is 0. The molecule has 2 aromatic carbocycles. The second-order valence-corrected chi connectivity index (χ2v) is 7.38. The quantitative estimate of drug-likeness (QED) is 0.812. The molecule has 0 radical (unpaired) electrons. The molecule has 2 fully saturated rings. The molecular formula is C22H25N3O3. The Morgan fingerprint density at radius 2 is 1.57 bits per heavy atom. The van der Waals surface area contributed by atoms with Gasteiger partial charge in [-0.3, -0.25) is 9.59 Å². The molecule has 1 aliphatic carbocycles. The molecule has 0 aromatic heterocycles. The monoisotopic (exact) mass is 379 g/mol. The van der Waals surface area contributed by atoms with Crippen LogP contribution in [0.4, 0.5) is 11.4 Å². The van der Waals surface area contributed by atoms with Crippen LogP contribution >= 0.6 is 0 Å². The SMILES string of the molecule is COc1ccc(N2CCN(C(=O)C3(C(=O)Nc4ccccc4)CC3)CC2)cc1. The Bertz CT molecular complexity index is 839. The van der Waals surface area contributed by atoms with Crippen LogP contribution in [0.15, 0.2) is 54.6 Å². The van der Waals surface area contributed by atoms with Crippen LogP contribution in [0.5, 0.6) is 5.75 Å². The first-order valence-electron chi connectivity index (χ1n) is 9.67. The van der Waals surface area contributed by atoms with Gasteiger partial charge in [-0.15, -0.1) is 0 Å². The van der Waals surface area contributed by atoms with Crippen molar-refractivity contribution in [2.45, 2.75) is 12.8 Å². The number of piperazine rings is 1. The largest absolute Gasteiger partial charge is 0.497 e. The van der Waals surface area contributed by atoms with Crippen molar-refractivity contribution in [3.8, 4) is 5.75 Å². The smallest absolute Gasteiger partial charge is 0.240 e. The average molecular weight is 379 g/mol. The van der Waals surface area contributed by atoms with Gasteiger partial charge in [-0.25, -0.2) is 0 Å². The second kappa shape index (κ2) is 7.54. The topological polar surface area (TPSA) is 61.9 Å². The van der Waals surface area contributed by atoms with Gasteiger partial charge < -0.3 is 19.9 Å². The van der Waals surface area contributed by atoms with Crippen molar-refractivity contribution in [3.63, 3.8) is 0 Å². The molecule has 1 aliphatic heterocycles. The second-order valence-electron chi connectivity index (χ2n) is 7.38. The van der Waals surface area contributed by atoms with Gasteiger partial charge in [0.1, 0.15) is 11.2 Å². The fourth-order valence-corrected chi connectivity index (χ4v) is 3.70. The molecule has 2 amide bonds. The Morgan fingerprint density at radius 1 is 0.929 bits per heavy atom. The fraction of sp³-hybridized carbons (Fsp3) is 0.364. The number of rotatable bonds is 5. The van der Waals surface area contributed by atoms with E-state index in [2.05, 4.69) is 10.2 Å². The summed E-state index contributed by atoms with van der Waals surface area (Å²) in [5.74, 6) is 0.620. The summed E-state index contributed by atoms with van der Waals surface area (Å²) in [6, 6.07) is 17.3. The molecule has 1 heterocycles. The Labute approximate surface area is 165 Å². The third-order valence-corrected chi connectivity index (χ3v) is 5.63. The summed E-state index contributed by atoms with van der Waals surface area (Å²) in [6.45, 7) is 2.78. The van der Waals surface area contributed by atoms with Crippen molar-refractivity contribution in [1.82, 2.24) is 4.90 Å². The van der Waals surface area contributed by atoms with E-state index in [4.69, 9.17) is 4.74 Å². The Balaban J connectivity index is 1.36. The zero-order valence-electron chi connectivity index (χ0n) is 16.1. The molecule has 146 valence electrons. The van der Waals surface area contributed by atoms with Gasteiger partial charge in [0.05, 0.1) is 7.11 Å². The van der Waals surface area contributed by atoms with Crippen molar-refractivity contribution in [3.05, 3.63) is 54.6 Å². The predicted molar refractivity (Wildman–Crippen MR) is 109 cm³/mol. The van der Waals surface area contributed by atoms with Crippen molar-refractivity contribution >= 4 is 23.2 Å². The summed E-state index contributed by atoms with van der Waals surface area (Å²) in [5.41, 5.74) is 0.977. The van der Waals surface area contributed by atoms with E-state index in [-0.39, 0.29) is 11.8 Å². The van der Waals surface area contributed by atoms with Crippen LogP contribution in [0.1, 0.15) is 12.8 Å². The molecule has 6 nitrogen and oxygen atoms in total. The molecule has 1 saturated heterocycles. The number of nitrogens with one attached hydrogen (secondary N) is 1. The Hall–Kier alpha value is -3.02. The third kappa shape index (κ3) is 3.54. The van der Waals surface area contributed by atoms with Crippen molar-refractivity contribution in [1.29, 1.82) is 0 Å². The van der Waals surface area contributed by atoms with Crippen LogP contribution < -0.4 is 15.0 Å². The number of ether oxygens (including phenoxy) is 1. The number of methoxy groups -OCH3 is 1. The Kier molecular flexibility index (Phi) is 4.94. The highest BCUT2D eigenvalue weighted by atomic mass is 16.5. The number of benzene rings is 2. The maximum Gasteiger partial charge on any atom is 0.240 e. The van der Waals surface area contributed by atoms with E-state index in [0.717, 1.165) is 30.2 Å². The zero-order valence-corrected chi connectivity index (χ0v) is 16.1. The highest BCUT2D eigenvalue weighted by Gasteiger charge is 2.58. The molecule has 6 heteroatoms. The van der Waals surface area contributed by atoms with Crippen LogP contribution in [-0.2, 0) is 9.59 Å². The lowest BCUT2D eigenvalue weighted by Crippen LogP contribution is -2.52. The number of hydrogen-bond donors (Lipinski definition) is 1. The average Bonchev–Trinajstić information content (AvgIpc) is 3.56. The van der Waals surface area contributed by atoms with Crippen LogP contribution in [0.25, 0.3) is 0 Å². The summed E-state index contributed by atoms with van der Waals surface area (Å²) in [7, 11) is 1.65. The van der Waals surface area contributed by atoms with E-state index in [9.17, 15) is 9.59 Å². The maximum absolute atomic E-state index is 13.1. The molecule has 2 aromatic rings. The van der Waals surface area contributed by atoms with Crippen molar-refractivity contribution in [2.24, 2.45) is 5.41 Å². The van der Waals surface area contributed by atoms with E-state index in [0.29, 0.717) is 25.9 Å². The predicted octanol–water partition coefficient (Wildman–Crippen LogP) is 2.76. The van der Waals surface area contributed by atoms with Crippen LogP contribution in [0, 0.1) is 5.41 Å². The van der Waals surface area contributed by atoms with Gasteiger partial charge in [0, 0.05) is 37.6 Å². The van der Waals surface area contributed by atoms with E-state index >= 15 is 0 Å². The number of nitrogens with zero attached hydrogens (tertiary/aromatic N) is 2. The van der Waals surface area contributed by atoms with Crippen LogP contribution in [0.3, 0.4) is 0 Å². The highest BCUT2D eigenvalue weighted by molar-refractivity contribution is 6.13. The molecule has 1 saturated carbocycles. The lowest BCUT2D eigenvalue weighted by Gasteiger charge is -2.37. The molecular weight excluding hydrogens is 354 g/mol.